The van der Waals surface area contributed by atoms with Crippen molar-refractivity contribution < 1.29 is 29.0 Å². The van der Waals surface area contributed by atoms with Gasteiger partial charge in [0.2, 0.25) is 0 Å². The Morgan fingerprint density at radius 2 is 1.78 bits per heavy atom. The summed E-state index contributed by atoms with van der Waals surface area (Å²) in [7, 11) is 0. The molecule has 7 heteroatoms. The molecule has 1 N–H and O–H groups in total. The van der Waals surface area contributed by atoms with E-state index in [1.165, 1.54) is 0 Å². The number of nitrogens with zero attached hydrogens (tertiary/aromatic N) is 1. The van der Waals surface area contributed by atoms with Gasteiger partial charge in [0, 0.05) is 0 Å². The Kier molecular flexibility index (Phi) is 5.56. The van der Waals surface area contributed by atoms with Crippen molar-refractivity contribution in [1.29, 1.82) is 0 Å². The van der Waals surface area contributed by atoms with Crippen LogP contribution in [0, 0.1) is 0 Å². The molecule has 1 aromatic rings. The number of amides is 1. The van der Waals surface area contributed by atoms with Crippen LogP contribution in [-0.4, -0.2) is 46.7 Å². The minimum Gasteiger partial charge on any atom is -0.480 e. The lowest BCUT2D eigenvalue weighted by Gasteiger charge is -2.26. The molecule has 1 aromatic carbocycles. The average Bonchev–Trinajstić information content (AvgIpc) is 2.99. The average molecular weight is 321 g/mol. The second-order valence-electron chi connectivity index (χ2n) is 5.15. The third-order valence-electron chi connectivity index (χ3n) is 3.64. The lowest BCUT2D eigenvalue weighted by Crippen LogP contribution is -2.48. The SMILES string of the molecule is CCOC(=O)C1CCC(C(=O)O)N1C(=O)OCc1ccccc1. The highest BCUT2D eigenvalue weighted by molar-refractivity contribution is 5.87. The van der Waals surface area contributed by atoms with Gasteiger partial charge in [0.15, 0.2) is 0 Å². The molecule has 2 atom stereocenters. The minimum absolute atomic E-state index is 0.0120. The van der Waals surface area contributed by atoms with Gasteiger partial charge in [-0.15, -0.1) is 0 Å². The third-order valence-corrected chi connectivity index (χ3v) is 3.64. The second kappa shape index (κ2) is 7.62. The summed E-state index contributed by atoms with van der Waals surface area (Å²) in [4.78, 5) is 36.5. The fourth-order valence-corrected chi connectivity index (χ4v) is 2.57. The summed E-state index contributed by atoms with van der Waals surface area (Å²) >= 11 is 0. The summed E-state index contributed by atoms with van der Waals surface area (Å²) in [5.41, 5.74) is 0.777. The number of carboxylic acid groups (broad SMARTS) is 1. The van der Waals surface area contributed by atoms with E-state index >= 15 is 0 Å². The minimum atomic E-state index is -1.16. The Labute approximate surface area is 133 Å². The Bertz CT molecular complexity index is 573. The van der Waals surface area contributed by atoms with Crippen molar-refractivity contribution in [3.63, 3.8) is 0 Å². The van der Waals surface area contributed by atoms with Crippen LogP contribution in [0.5, 0.6) is 0 Å². The highest BCUT2D eigenvalue weighted by Gasteiger charge is 2.46. The molecule has 0 aromatic heterocycles. The van der Waals surface area contributed by atoms with Crippen LogP contribution in [0.25, 0.3) is 0 Å². The van der Waals surface area contributed by atoms with Crippen molar-refractivity contribution in [2.45, 2.75) is 38.5 Å². The molecular formula is C16H19NO6. The van der Waals surface area contributed by atoms with E-state index in [2.05, 4.69) is 0 Å². The molecule has 1 amide bonds. The van der Waals surface area contributed by atoms with Crippen LogP contribution in [0.4, 0.5) is 4.79 Å². The molecule has 0 saturated carbocycles. The van der Waals surface area contributed by atoms with Gasteiger partial charge in [0.25, 0.3) is 0 Å². The fourth-order valence-electron chi connectivity index (χ4n) is 2.57. The lowest BCUT2D eigenvalue weighted by atomic mass is 10.2. The van der Waals surface area contributed by atoms with Gasteiger partial charge in [-0.2, -0.15) is 0 Å². The smallest absolute Gasteiger partial charge is 0.411 e. The first-order valence-corrected chi connectivity index (χ1v) is 7.43. The maximum absolute atomic E-state index is 12.3. The summed E-state index contributed by atoms with van der Waals surface area (Å²) in [6.07, 6.45) is -0.382. The van der Waals surface area contributed by atoms with Crippen molar-refractivity contribution in [1.82, 2.24) is 4.90 Å². The maximum atomic E-state index is 12.3. The molecule has 1 heterocycles. The van der Waals surface area contributed by atoms with E-state index in [0.717, 1.165) is 10.5 Å². The van der Waals surface area contributed by atoms with Gasteiger partial charge in [-0.05, 0) is 25.3 Å². The van der Waals surface area contributed by atoms with Crippen LogP contribution in [0.3, 0.4) is 0 Å². The fraction of sp³-hybridized carbons (Fsp3) is 0.438. The van der Waals surface area contributed by atoms with E-state index in [1.54, 1.807) is 31.2 Å². The van der Waals surface area contributed by atoms with Crippen molar-refractivity contribution in [2.75, 3.05) is 6.61 Å². The predicted octanol–water partition coefficient (Wildman–Crippen LogP) is 1.80. The van der Waals surface area contributed by atoms with E-state index in [0.29, 0.717) is 0 Å². The van der Waals surface area contributed by atoms with Crippen LogP contribution in [-0.2, 0) is 25.7 Å². The quantitative estimate of drug-likeness (QED) is 0.831. The highest BCUT2D eigenvalue weighted by atomic mass is 16.6. The van der Waals surface area contributed by atoms with Crippen molar-refractivity contribution in [2.24, 2.45) is 0 Å². The summed E-state index contributed by atoms with van der Waals surface area (Å²) < 4.78 is 10.1. The molecule has 124 valence electrons. The molecule has 1 aliphatic heterocycles. The topological polar surface area (TPSA) is 93.1 Å². The molecule has 23 heavy (non-hydrogen) atoms. The largest absolute Gasteiger partial charge is 0.480 e. The van der Waals surface area contributed by atoms with Gasteiger partial charge in [0.1, 0.15) is 18.7 Å². The van der Waals surface area contributed by atoms with Crippen molar-refractivity contribution in [3.8, 4) is 0 Å². The zero-order valence-corrected chi connectivity index (χ0v) is 12.8. The monoisotopic (exact) mass is 321 g/mol. The third kappa shape index (κ3) is 4.00. The van der Waals surface area contributed by atoms with E-state index in [9.17, 15) is 19.5 Å². The number of hydrogen-bond acceptors (Lipinski definition) is 5. The first-order valence-electron chi connectivity index (χ1n) is 7.43. The molecule has 0 radical (unpaired) electrons. The van der Waals surface area contributed by atoms with Crippen LogP contribution >= 0.6 is 0 Å². The predicted molar refractivity (Wildman–Crippen MR) is 79.5 cm³/mol. The number of ether oxygens (including phenoxy) is 2. The normalized spacial score (nSPS) is 20.1. The van der Waals surface area contributed by atoms with Gasteiger partial charge in [-0.3, -0.25) is 4.90 Å². The Morgan fingerprint density at radius 1 is 1.13 bits per heavy atom. The Hall–Kier alpha value is -2.57. The summed E-state index contributed by atoms with van der Waals surface area (Å²) in [5, 5.41) is 9.25. The number of carbonyl (C=O) groups is 3. The molecule has 1 aliphatic rings. The first kappa shape index (κ1) is 16.8. The summed E-state index contributed by atoms with van der Waals surface area (Å²) in [6, 6.07) is 7.03. The van der Waals surface area contributed by atoms with E-state index in [1.807, 2.05) is 6.07 Å². The van der Waals surface area contributed by atoms with Crippen LogP contribution in [0.1, 0.15) is 25.3 Å². The highest BCUT2D eigenvalue weighted by Crippen LogP contribution is 2.26. The number of carboxylic acids is 1. The molecule has 0 bridgehead atoms. The van der Waals surface area contributed by atoms with Gasteiger partial charge in [-0.25, -0.2) is 14.4 Å². The molecule has 1 fully saturated rings. The van der Waals surface area contributed by atoms with Gasteiger partial charge >= 0.3 is 18.0 Å². The zero-order chi connectivity index (χ0) is 16.8. The number of hydrogen-bond donors (Lipinski definition) is 1. The molecule has 1 saturated heterocycles. The molecule has 0 spiro atoms. The van der Waals surface area contributed by atoms with E-state index in [-0.39, 0.29) is 26.1 Å². The number of carbonyl (C=O) groups excluding carboxylic acids is 2. The van der Waals surface area contributed by atoms with Crippen LogP contribution in [0.2, 0.25) is 0 Å². The number of esters is 1. The zero-order valence-electron chi connectivity index (χ0n) is 12.8. The van der Waals surface area contributed by atoms with E-state index < -0.39 is 30.1 Å². The first-order chi connectivity index (χ1) is 11.0. The summed E-state index contributed by atoms with van der Waals surface area (Å²) in [6.45, 7) is 1.83. The van der Waals surface area contributed by atoms with E-state index in [4.69, 9.17) is 9.47 Å². The molecule has 2 rings (SSSR count). The lowest BCUT2D eigenvalue weighted by molar-refractivity contribution is -0.150. The van der Waals surface area contributed by atoms with Crippen LogP contribution < -0.4 is 0 Å². The van der Waals surface area contributed by atoms with Crippen LogP contribution in [0.15, 0.2) is 30.3 Å². The molecule has 2 unspecified atom stereocenters. The summed E-state index contributed by atoms with van der Waals surface area (Å²) in [5.74, 6) is -1.76. The maximum Gasteiger partial charge on any atom is 0.411 e. The number of benzene rings is 1. The van der Waals surface area contributed by atoms with Gasteiger partial charge in [0.05, 0.1) is 6.61 Å². The molecular weight excluding hydrogens is 302 g/mol. The van der Waals surface area contributed by atoms with Gasteiger partial charge < -0.3 is 14.6 Å². The van der Waals surface area contributed by atoms with Crippen molar-refractivity contribution >= 4 is 18.0 Å². The standard InChI is InChI=1S/C16H19NO6/c1-2-22-15(20)13-9-8-12(14(18)19)17(13)16(21)23-10-11-6-4-3-5-7-11/h3-7,12-13H,2,8-10H2,1H3,(H,18,19). The van der Waals surface area contributed by atoms with Gasteiger partial charge in [-0.1, -0.05) is 30.3 Å². The number of rotatable bonds is 5. The number of likely N-dealkylation sites (tertiary alicyclic amines) is 1. The van der Waals surface area contributed by atoms with Crippen molar-refractivity contribution in [3.05, 3.63) is 35.9 Å². The number of aliphatic carboxylic acids is 1. The Balaban J connectivity index is 2.08. The Morgan fingerprint density at radius 3 is 2.39 bits per heavy atom. The second-order valence-corrected chi connectivity index (χ2v) is 5.15. The molecule has 0 aliphatic carbocycles. The molecule has 7 nitrogen and oxygen atoms in total.